The lowest BCUT2D eigenvalue weighted by Crippen LogP contribution is -2.48. The van der Waals surface area contributed by atoms with Gasteiger partial charge in [0.2, 0.25) is 17.7 Å². The summed E-state index contributed by atoms with van der Waals surface area (Å²) in [5.41, 5.74) is 5.18. The van der Waals surface area contributed by atoms with Crippen LogP contribution in [-0.4, -0.2) is 30.3 Å². The van der Waals surface area contributed by atoms with Gasteiger partial charge in [-0.15, -0.1) is 0 Å². The summed E-state index contributed by atoms with van der Waals surface area (Å²) in [6, 6.07) is 2.65. The van der Waals surface area contributed by atoms with E-state index in [1.165, 1.54) is 0 Å². The molecule has 1 aromatic heterocycles. The molecule has 7 nitrogen and oxygen atoms in total. The summed E-state index contributed by atoms with van der Waals surface area (Å²) in [7, 11) is 0. The zero-order chi connectivity index (χ0) is 18.5. The van der Waals surface area contributed by atoms with Gasteiger partial charge < -0.3 is 20.8 Å². The van der Waals surface area contributed by atoms with Gasteiger partial charge in [-0.2, -0.15) is 0 Å². The Morgan fingerprint density at radius 3 is 2.60 bits per heavy atom. The quantitative estimate of drug-likeness (QED) is 0.469. The third-order valence-corrected chi connectivity index (χ3v) is 3.82. The molecular formula is C18H29N3O4. The number of furan rings is 1. The first kappa shape index (κ1) is 20.7. The van der Waals surface area contributed by atoms with Gasteiger partial charge in [-0.25, -0.2) is 0 Å². The average molecular weight is 351 g/mol. The summed E-state index contributed by atoms with van der Waals surface area (Å²) < 4.78 is 5.18. The van der Waals surface area contributed by atoms with E-state index in [2.05, 4.69) is 17.6 Å². The minimum Gasteiger partial charge on any atom is -0.469 e. The molecule has 140 valence electrons. The van der Waals surface area contributed by atoms with Crippen molar-refractivity contribution in [3.8, 4) is 0 Å². The van der Waals surface area contributed by atoms with Gasteiger partial charge >= 0.3 is 0 Å². The standard InChI is InChI=1S/C18H29N3O4/c1-2-3-4-5-6-9-17(23)21-15(13-16(19)22)18(24)20-11-10-14-8-7-12-25-14/h7-8,12,15H,2-6,9-11,13H2,1H3,(H2,19,22)(H,20,24)(H,21,23)/t15-/m1/s1. The number of rotatable bonds is 13. The number of primary amides is 1. The van der Waals surface area contributed by atoms with Crippen LogP contribution < -0.4 is 16.4 Å². The lowest BCUT2D eigenvalue weighted by molar-refractivity contribution is -0.131. The molecule has 1 atom stereocenters. The normalized spacial score (nSPS) is 11.7. The Morgan fingerprint density at radius 1 is 1.20 bits per heavy atom. The predicted molar refractivity (Wildman–Crippen MR) is 94.5 cm³/mol. The number of hydrogen-bond acceptors (Lipinski definition) is 4. The summed E-state index contributed by atoms with van der Waals surface area (Å²) in [6.45, 7) is 2.49. The van der Waals surface area contributed by atoms with Crippen molar-refractivity contribution in [2.45, 2.75) is 64.3 Å². The SMILES string of the molecule is CCCCCCCC(=O)N[C@H](CC(N)=O)C(=O)NCCc1ccco1. The lowest BCUT2D eigenvalue weighted by Gasteiger charge is -2.17. The number of unbranched alkanes of at least 4 members (excludes halogenated alkanes) is 4. The minimum absolute atomic E-state index is 0.214. The molecule has 25 heavy (non-hydrogen) atoms. The van der Waals surface area contributed by atoms with E-state index in [0.717, 1.165) is 37.9 Å². The molecule has 0 spiro atoms. The number of amides is 3. The fraction of sp³-hybridized carbons (Fsp3) is 0.611. The van der Waals surface area contributed by atoms with Crippen LogP contribution in [0.3, 0.4) is 0 Å². The highest BCUT2D eigenvalue weighted by atomic mass is 16.3. The fourth-order valence-electron chi connectivity index (χ4n) is 2.45. The Balaban J connectivity index is 2.36. The molecule has 7 heteroatoms. The van der Waals surface area contributed by atoms with E-state index < -0.39 is 17.9 Å². The molecule has 0 aliphatic rings. The van der Waals surface area contributed by atoms with E-state index in [1.54, 1.807) is 12.3 Å². The van der Waals surface area contributed by atoms with Crippen LogP contribution in [0.2, 0.25) is 0 Å². The summed E-state index contributed by atoms with van der Waals surface area (Å²) in [5, 5.41) is 5.30. The topological polar surface area (TPSA) is 114 Å². The summed E-state index contributed by atoms with van der Waals surface area (Å²) in [5.74, 6) is -0.522. The van der Waals surface area contributed by atoms with Crippen LogP contribution in [0, 0.1) is 0 Å². The molecule has 1 rings (SSSR count). The molecule has 1 aromatic rings. The van der Waals surface area contributed by atoms with Crippen molar-refractivity contribution < 1.29 is 18.8 Å². The smallest absolute Gasteiger partial charge is 0.243 e. The second-order valence-corrected chi connectivity index (χ2v) is 6.08. The summed E-state index contributed by atoms with van der Waals surface area (Å²) in [4.78, 5) is 35.3. The maximum Gasteiger partial charge on any atom is 0.243 e. The number of nitrogens with two attached hydrogens (primary N) is 1. The van der Waals surface area contributed by atoms with Crippen molar-refractivity contribution >= 4 is 17.7 Å². The predicted octanol–water partition coefficient (Wildman–Crippen LogP) is 1.66. The number of hydrogen-bond donors (Lipinski definition) is 3. The van der Waals surface area contributed by atoms with E-state index in [9.17, 15) is 14.4 Å². The van der Waals surface area contributed by atoms with Crippen molar-refractivity contribution in [3.05, 3.63) is 24.2 Å². The van der Waals surface area contributed by atoms with Crippen LogP contribution in [-0.2, 0) is 20.8 Å². The summed E-state index contributed by atoms with van der Waals surface area (Å²) in [6.07, 6.45) is 7.39. The van der Waals surface area contributed by atoms with Gasteiger partial charge in [-0.05, 0) is 18.6 Å². The first-order chi connectivity index (χ1) is 12.0. The zero-order valence-electron chi connectivity index (χ0n) is 14.9. The molecular weight excluding hydrogens is 322 g/mol. The Bertz CT molecular complexity index is 528. The van der Waals surface area contributed by atoms with Gasteiger partial charge in [-0.1, -0.05) is 32.6 Å². The van der Waals surface area contributed by atoms with Crippen LogP contribution in [0.5, 0.6) is 0 Å². The maximum absolute atomic E-state index is 12.2. The third kappa shape index (κ3) is 9.54. The Labute approximate surface area is 148 Å². The second-order valence-electron chi connectivity index (χ2n) is 6.08. The lowest BCUT2D eigenvalue weighted by atomic mass is 10.1. The van der Waals surface area contributed by atoms with E-state index in [4.69, 9.17) is 10.2 Å². The van der Waals surface area contributed by atoms with E-state index in [-0.39, 0.29) is 12.3 Å². The zero-order valence-corrected chi connectivity index (χ0v) is 14.9. The number of carbonyl (C=O) groups excluding carboxylic acids is 3. The summed E-state index contributed by atoms with van der Waals surface area (Å²) >= 11 is 0. The molecule has 0 fully saturated rings. The van der Waals surface area contributed by atoms with Gasteiger partial charge in [0.15, 0.2) is 0 Å². The molecule has 1 heterocycles. The Morgan fingerprint density at radius 2 is 1.96 bits per heavy atom. The van der Waals surface area contributed by atoms with Gasteiger partial charge in [0.25, 0.3) is 0 Å². The van der Waals surface area contributed by atoms with Gasteiger partial charge in [0.1, 0.15) is 11.8 Å². The van der Waals surface area contributed by atoms with Gasteiger partial charge in [0.05, 0.1) is 12.7 Å². The number of nitrogens with one attached hydrogen (secondary N) is 2. The van der Waals surface area contributed by atoms with E-state index in [0.29, 0.717) is 19.4 Å². The molecule has 3 amide bonds. The van der Waals surface area contributed by atoms with E-state index >= 15 is 0 Å². The first-order valence-corrected chi connectivity index (χ1v) is 8.90. The van der Waals surface area contributed by atoms with Crippen LogP contribution in [0.4, 0.5) is 0 Å². The highest BCUT2D eigenvalue weighted by Gasteiger charge is 2.22. The molecule has 0 aliphatic heterocycles. The van der Waals surface area contributed by atoms with Crippen molar-refractivity contribution in [2.24, 2.45) is 5.73 Å². The van der Waals surface area contributed by atoms with Crippen LogP contribution in [0.15, 0.2) is 22.8 Å². The molecule has 0 unspecified atom stereocenters. The maximum atomic E-state index is 12.2. The van der Waals surface area contributed by atoms with Gasteiger partial charge in [0, 0.05) is 19.4 Å². The van der Waals surface area contributed by atoms with E-state index in [1.807, 2.05) is 6.07 Å². The molecule has 4 N–H and O–H groups in total. The van der Waals surface area contributed by atoms with Crippen molar-refractivity contribution in [1.82, 2.24) is 10.6 Å². The number of carbonyl (C=O) groups is 3. The van der Waals surface area contributed by atoms with Crippen molar-refractivity contribution in [2.75, 3.05) is 6.54 Å². The Hall–Kier alpha value is -2.31. The molecule has 0 bridgehead atoms. The first-order valence-electron chi connectivity index (χ1n) is 8.90. The monoisotopic (exact) mass is 351 g/mol. The fourth-order valence-corrected chi connectivity index (χ4v) is 2.45. The molecule has 0 saturated heterocycles. The highest BCUT2D eigenvalue weighted by Crippen LogP contribution is 2.05. The largest absolute Gasteiger partial charge is 0.469 e. The molecule has 0 aliphatic carbocycles. The Kier molecular flexibility index (Phi) is 10.0. The van der Waals surface area contributed by atoms with Crippen LogP contribution in [0.1, 0.15) is 57.6 Å². The average Bonchev–Trinajstić information content (AvgIpc) is 3.07. The minimum atomic E-state index is -0.933. The van der Waals surface area contributed by atoms with Crippen LogP contribution in [0.25, 0.3) is 0 Å². The third-order valence-electron chi connectivity index (χ3n) is 3.82. The molecule has 0 saturated carbocycles. The van der Waals surface area contributed by atoms with Crippen molar-refractivity contribution in [3.63, 3.8) is 0 Å². The van der Waals surface area contributed by atoms with Crippen LogP contribution >= 0.6 is 0 Å². The highest BCUT2D eigenvalue weighted by molar-refractivity contribution is 5.91. The van der Waals surface area contributed by atoms with Gasteiger partial charge in [-0.3, -0.25) is 14.4 Å². The second kappa shape index (κ2) is 12.1. The molecule has 0 radical (unpaired) electrons. The van der Waals surface area contributed by atoms with Crippen molar-refractivity contribution in [1.29, 1.82) is 0 Å². The molecule has 0 aromatic carbocycles.